The van der Waals surface area contributed by atoms with Crippen molar-refractivity contribution in [3.8, 4) is 0 Å². The summed E-state index contributed by atoms with van der Waals surface area (Å²) in [5.74, 6) is 0.0703. The molecule has 4 nitrogen and oxygen atoms in total. The second-order valence-electron chi connectivity index (χ2n) is 6.95. The zero-order valence-electron chi connectivity index (χ0n) is 18.4. The Morgan fingerprint density at radius 3 is 1.92 bits per heavy atom. The number of hydrogen-bond acceptors (Lipinski definition) is 2. The van der Waals surface area contributed by atoms with Crippen molar-refractivity contribution in [3.63, 3.8) is 0 Å². The number of amides is 2. The van der Waals surface area contributed by atoms with E-state index in [1.165, 1.54) is 12.8 Å². The first-order chi connectivity index (χ1) is 11.9. The zero-order valence-corrected chi connectivity index (χ0v) is 18.4. The second-order valence-corrected chi connectivity index (χ2v) is 6.95. The largest absolute Gasteiger partial charge is 0.353 e. The highest BCUT2D eigenvalue weighted by atomic mass is 16.2. The number of rotatable bonds is 2. The molecule has 1 aliphatic carbocycles. The van der Waals surface area contributed by atoms with E-state index in [0.717, 1.165) is 19.3 Å². The minimum absolute atomic E-state index is 0.0890. The van der Waals surface area contributed by atoms with Gasteiger partial charge in [-0.2, -0.15) is 0 Å². The summed E-state index contributed by atoms with van der Waals surface area (Å²) < 4.78 is 0. The number of nitrogens with one attached hydrogen (secondary N) is 1. The first kappa shape index (κ1) is 26.2. The normalized spacial score (nSPS) is 22.2. The molecule has 2 aliphatic rings. The minimum atomic E-state index is -0.112. The fourth-order valence-corrected chi connectivity index (χ4v) is 3.03. The van der Waals surface area contributed by atoms with Crippen molar-refractivity contribution in [2.75, 3.05) is 13.6 Å². The van der Waals surface area contributed by atoms with Crippen LogP contribution in [-0.2, 0) is 9.59 Å². The fraction of sp³-hybridized carbons (Fsp3) is 0.905. The summed E-state index contributed by atoms with van der Waals surface area (Å²) in [6.45, 7) is 17.3. The molecule has 4 heteroatoms. The summed E-state index contributed by atoms with van der Waals surface area (Å²) in [6.07, 6.45) is 5.65. The van der Waals surface area contributed by atoms with Crippen molar-refractivity contribution in [2.24, 2.45) is 11.3 Å². The van der Waals surface area contributed by atoms with E-state index in [4.69, 9.17) is 0 Å². The average Bonchev–Trinajstić information content (AvgIpc) is 2.64. The van der Waals surface area contributed by atoms with Crippen LogP contribution < -0.4 is 5.32 Å². The smallest absolute Gasteiger partial charge is 0.223 e. The van der Waals surface area contributed by atoms with Crippen LogP contribution in [0.5, 0.6) is 0 Å². The molecule has 0 spiro atoms. The van der Waals surface area contributed by atoms with Crippen molar-refractivity contribution < 1.29 is 9.59 Å². The van der Waals surface area contributed by atoms with Crippen molar-refractivity contribution >= 4 is 11.8 Å². The molecule has 2 rings (SSSR count). The molecule has 0 radical (unpaired) electrons. The van der Waals surface area contributed by atoms with Crippen LogP contribution in [0.15, 0.2) is 0 Å². The van der Waals surface area contributed by atoms with Crippen LogP contribution in [0, 0.1) is 11.3 Å². The van der Waals surface area contributed by atoms with Gasteiger partial charge in [0.25, 0.3) is 0 Å². The standard InChI is InChI=1S/C15H26N2O2.3C2H6/c1-15(2)7-4-12(5-8-15)16-14(19)11-6-9-17(3)13(18)10-11;3*1-2/h11-12H,4-10H2,1-3H3,(H,16,19);3*1-2H3. The molecule has 1 N–H and O–H groups in total. The maximum absolute atomic E-state index is 12.2. The molecule has 1 saturated carbocycles. The third-order valence-electron chi connectivity index (χ3n) is 4.72. The molecule has 1 saturated heterocycles. The Hall–Kier alpha value is -1.06. The van der Waals surface area contributed by atoms with Gasteiger partial charge in [0.15, 0.2) is 0 Å². The molecule has 1 heterocycles. The van der Waals surface area contributed by atoms with Gasteiger partial charge in [0.2, 0.25) is 11.8 Å². The van der Waals surface area contributed by atoms with Gasteiger partial charge in [-0.05, 0) is 37.5 Å². The van der Waals surface area contributed by atoms with E-state index in [9.17, 15) is 9.59 Å². The van der Waals surface area contributed by atoms with Gasteiger partial charge in [-0.25, -0.2) is 0 Å². The Morgan fingerprint density at radius 1 is 1.00 bits per heavy atom. The highest BCUT2D eigenvalue weighted by Crippen LogP contribution is 2.35. The summed E-state index contributed by atoms with van der Waals surface area (Å²) in [5, 5.41) is 3.15. The second kappa shape index (κ2) is 14.1. The monoisotopic (exact) mass is 356 g/mol. The summed E-state index contributed by atoms with van der Waals surface area (Å²) in [6, 6.07) is 0.315. The van der Waals surface area contributed by atoms with E-state index in [1.807, 2.05) is 41.5 Å². The Balaban J connectivity index is 0. The molecule has 1 aliphatic heterocycles. The third kappa shape index (κ3) is 9.86. The van der Waals surface area contributed by atoms with Gasteiger partial charge < -0.3 is 10.2 Å². The number of hydrogen-bond donors (Lipinski definition) is 1. The Kier molecular flexibility index (Phi) is 14.8. The maximum Gasteiger partial charge on any atom is 0.223 e. The summed E-state index contributed by atoms with van der Waals surface area (Å²) >= 11 is 0. The summed E-state index contributed by atoms with van der Waals surface area (Å²) in [4.78, 5) is 25.5. The van der Waals surface area contributed by atoms with Gasteiger partial charge in [-0.3, -0.25) is 9.59 Å². The number of carbonyl (C=O) groups is 2. The highest BCUT2D eigenvalue weighted by Gasteiger charge is 2.32. The lowest BCUT2D eigenvalue weighted by Gasteiger charge is -2.36. The first-order valence-electron chi connectivity index (χ1n) is 10.4. The van der Waals surface area contributed by atoms with Gasteiger partial charge in [0, 0.05) is 32.0 Å². The number of piperidine rings is 1. The topological polar surface area (TPSA) is 49.4 Å². The molecule has 2 fully saturated rings. The van der Waals surface area contributed by atoms with Crippen molar-refractivity contribution in [1.29, 1.82) is 0 Å². The lowest BCUT2D eigenvalue weighted by atomic mass is 9.75. The molecule has 0 bridgehead atoms. The minimum Gasteiger partial charge on any atom is -0.353 e. The van der Waals surface area contributed by atoms with Gasteiger partial charge in [0.05, 0.1) is 0 Å². The predicted molar refractivity (Wildman–Crippen MR) is 109 cm³/mol. The molecular formula is C21H44N2O2. The number of carbonyl (C=O) groups excluding carboxylic acids is 2. The quantitative estimate of drug-likeness (QED) is 0.755. The number of nitrogens with zero attached hydrogens (tertiary/aromatic N) is 1. The van der Waals surface area contributed by atoms with Gasteiger partial charge in [0.1, 0.15) is 0 Å². The maximum atomic E-state index is 12.2. The molecule has 25 heavy (non-hydrogen) atoms. The van der Waals surface area contributed by atoms with E-state index in [2.05, 4.69) is 19.2 Å². The Morgan fingerprint density at radius 2 is 1.48 bits per heavy atom. The van der Waals surface area contributed by atoms with Crippen molar-refractivity contribution in [1.82, 2.24) is 10.2 Å². The average molecular weight is 357 g/mol. The molecule has 1 atom stereocenters. The molecule has 0 aromatic rings. The van der Waals surface area contributed by atoms with E-state index >= 15 is 0 Å². The van der Waals surface area contributed by atoms with Gasteiger partial charge >= 0.3 is 0 Å². The molecule has 150 valence electrons. The van der Waals surface area contributed by atoms with Crippen molar-refractivity contribution in [2.45, 2.75) is 100.0 Å². The van der Waals surface area contributed by atoms with E-state index in [0.29, 0.717) is 24.4 Å². The Bertz CT molecular complexity index is 357. The SMILES string of the molecule is CC.CC.CC.CN1CCC(C(=O)NC2CCC(C)(C)CC2)CC1=O. The van der Waals surface area contributed by atoms with Crippen LogP contribution in [0.2, 0.25) is 0 Å². The van der Waals surface area contributed by atoms with Crippen LogP contribution >= 0.6 is 0 Å². The van der Waals surface area contributed by atoms with E-state index in [1.54, 1.807) is 11.9 Å². The van der Waals surface area contributed by atoms with E-state index < -0.39 is 0 Å². The van der Waals surface area contributed by atoms with Crippen LogP contribution in [0.1, 0.15) is 93.9 Å². The van der Waals surface area contributed by atoms with Crippen LogP contribution in [0.25, 0.3) is 0 Å². The van der Waals surface area contributed by atoms with Crippen LogP contribution in [-0.4, -0.2) is 36.3 Å². The van der Waals surface area contributed by atoms with E-state index in [-0.39, 0.29) is 17.7 Å². The first-order valence-corrected chi connectivity index (χ1v) is 10.4. The molecular weight excluding hydrogens is 312 g/mol. The van der Waals surface area contributed by atoms with Gasteiger partial charge in [-0.1, -0.05) is 55.4 Å². The molecule has 0 aromatic carbocycles. The lowest BCUT2D eigenvalue weighted by Crippen LogP contribution is -2.46. The highest BCUT2D eigenvalue weighted by molar-refractivity contribution is 5.86. The van der Waals surface area contributed by atoms with Crippen LogP contribution in [0.4, 0.5) is 0 Å². The van der Waals surface area contributed by atoms with Crippen molar-refractivity contribution in [3.05, 3.63) is 0 Å². The summed E-state index contributed by atoms with van der Waals surface area (Å²) in [7, 11) is 1.81. The zero-order chi connectivity index (χ0) is 20.0. The molecule has 0 aromatic heterocycles. The Labute approximate surface area is 157 Å². The predicted octanol–water partition coefficient (Wildman–Crippen LogP) is 5.02. The molecule has 2 amide bonds. The summed E-state index contributed by atoms with van der Waals surface area (Å²) in [5.41, 5.74) is 0.421. The van der Waals surface area contributed by atoms with Gasteiger partial charge in [-0.15, -0.1) is 0 Å². The lowest BCUT2D eigenvalue weighted by molar-refractivity contribution is -0.139. The number of likely N-dealkylation sites (tertiary alicyclic amines) is 1. The third-order valence-corrected chi connectivity index (χ3v) is 4.72. The fourth-order valence-electron chi connectivity index (χ4n) is 3.03. The molecule has 1 unspecified atom stereocenters. The van der Waals surface area contributed by atoms with Crippen LogP contribution in [0.3, 0.4) is 0 Å².